The van der Waals surface area contributed by atoms with E-state index in [2.05, 4.69) is 39.2 Å². The molecule has 0 spiro atoms. The topological polar surface area (TPSA) is 184 Å². The molecule has 2 aromatic rings. The fraction of sp³-hybridized carbons (Fsp3) is 0.533. The van der Waals surface area contributed by atoms with Crippen LogP contribution in [-0.4, -0.2) is 71.7 Å². The molecular formula is C30H42N4O10Si. The number of aliphatic hydroxyl groups excluding tert-OH is 1. The second-order valence-electron chi connectivity index (χ2n) is 12.6. The lowest BCUT2D eigenvalue weighted by Crippen LogP contribution is -2.44. The van der Waals surface area contributed by atoms with Crippen LogP contribution in [0, 0.1) is 20.2 Å². The number of aliphatic hydroxyl groups is 1. The Morgan fingerprint density at radius 3 is 1.98 bits per heavy atom. The lowest BCUT2D eigenvalue weighted by Gasteiger charge is -2.38. The van der Waals surface area contributed by atoms with Crippen molar-refractivity contribution in [2.45, 2.75) is 89.6 Å². The number of non-ortho nitro benzene ring substituents is 2. The molecule has 1 heterocycles. The largest absolute Gasteiger partial charge is 0.445 e. The number of rotatable bonds is 13. The van der Waals surface area contributed by atoms with E-state index in [1.165, 1.54) is 48.5 Å². The number of carbonyl (C=O) groups excluding carboxylic acids is 2. The number of nitrogens with zero attached hydrogens (tertiary/aromatic N) is 3. The van der Waals surface area contributed by atoms with Crippen LogP contribution in [0.15, 0.2) is 48.5 Å². The summed E-state index contributed by atoms with van der Waals surface area (Å²) in [6.45, 7) is 10.8. The first-order valence-corrected chi connectivity index (χ1v) is 17.6. The molecule has 15 heteroatoms. The number of likely N-dealkylation sites (tertiary alicyclic amines) is 1. The molecule has 1 aliphatic rings. The Hall–Kier alpha value is -4.08. The van der Waals surface area contributed by atoms with Crippen molar-refractivity contribution in [1.29, 1.82) is 0 Å². The van der Waals surface area contributed by atoms with Crippen LogP contribution in [0.4, 0.5) is 21.0 Å². The van der Waals surface area contributed by atoms with Crippen molar-refractivity contribution in [3.8, 4) is 0 Å². The van der Waals surface area contributed by atoms with Gasteiger partial charge in [-0.15, -0.1) is 0 Å². The van der Waals surface area contributed by atoms with E-state index in [0.29, 0.717) is 30.5 Å². The maximum atomic E-state index is 13.2. The minimum absolute atomic E-state index is 0.0265. The summed E-state index contributed by atoms with van der Waals surface area (Å²) in [4.78, 5) is 47.6. The molecule has 1 saturated heterocycles. The number of alkyl carbamates (subject to hydrolysis) is 1. The van der Waals surface area contributed by atoms with E-state index in [4.69, 9.17) is 13.9 Å². The van der Waals surface area contributed by atoms with Crippen LogP contribution in [0.2, 0.25) is 18.1 Å². The molecule has 2 aromatic carbocycles. The number of amides is 2. The van der Waals surface area contributed by atoms with E-state index in [1.807, 2.05) is 0 Å². The maximum Gasteiger partial charge on any atom is 0.410 e. The summed E-state index contributed by atoms with van der Waals surface area (Å²) in [6.07, 6.45) is -1.11. The summed E-state index contributed by atoms with van der Waals surface area (Å²) >= 11 is 0. The van der Waals surface area contributed by atoms with E-state index in [0.717, 1.165) is 0 Å². The van der Waals surface area contributed by atoms with Crippen LogP contribution in [0.25, 0.3) is 0 Å². The monoisotopic (exact) mass is 646 g/mol. The minimum atomic E-state index is -2.13. The average Bonchev–Trinajstić information content (AvgIpc) is 3.38. The molecule has 0 radical (unpaired) electrons. The van der Waals surface area contributed by atoms with Gasteiger partial charge in [0, 0.05) is 43.4 Å². The maximum absolute atomic E-state index is 13.2. The normalized spacial score (nSPS) is 17.4. The van der Waals surface area contributed by atoms with Gasteiger partial charge in [0.2, 0.25) is 0 Å². The molecule has 0 aromatic heterocycles. The minimum Gasteiger partial charge on any atom is -0.445 e. The van der Waals surface area contributed by atoms with E-state index in [-0.39, 0.29) is 54.7 Å². The zero-order valence-corrected chi connectivity index (χ0v) is 27.3. The Morgan fingerprint density at radius 1 is 0.978 bits per heavy atom. The number of ether oxygens (including phenoxy) is 2. The SMILES string of the molecule is CC(C)(C)[Si](C)(C)O[C@@H]1C[C@H](CCC(O)CNC(=O)OCc2ccc([N+](=O)[O-])cc2)N(C(=O)OCc2ccc([N+](=O)[O-])cc2)C1. The van der Waals surface area contributed by atoms with Gasteiger partial charge >= 0.3 is 12.2 Å². The van der Waals surface area contributed by atoms with Crippen molar-refractivity contribution >= 4 is 31.9 Å². The number of nitro groups is 2. The fourth-order valence-corrected chi connectivity index (χ4v) is 5.95. The number of hydrogen-bond donors (Lipinski definition) is 2. The van der Waals surface area contributed by atoms with Crippen molar-refractivity contribution in [1.82, 2.24) is 10.2 Å². The summed E-state index contributed by atoms with van der Waals surface area (Å²) in [7, 11) is -2.13. The lowest BCUT2D eigenvalue weighted by atomic mass is 10.1. The van der Waals surface area contributed by atoms with Gasteiger partial charge in [-0.05, 0) is 72.8 Å². The van der Waals surface area contributed by atoms with E-state index in [1.54, 1.807) is 4.90 Å². The average molecular weight is 647 g/mol. The van der Waals surface area contributed by atoms with Gasteiger partial charge in [-0.2, -0.15) is 0 Å². The van der Waals surface area contributed by atoms with Crippen LogP contribution in [0.1, 0.15) is 51.2 Å². The Labute approximate surface area is 263 Å². The first-order chi connectivity index (χ1) is 21.1. The smallest absolute Gasteiger partial charge is 0.410 e. The van der Waals surface area contributed by atoms with Gasteiger partial charge in [0.25, 0.3) is 11.4 Å². The van der Waals surface area contributed by atoms with Crippen LogP contribution in [0.3, 0.4) is 0 Å². The van der Waals surface area contributed by atoms with Gasteiger partial charge in [-0.3, -0.25) is 20.2 Å². The third kappa shape index (κ3) is 10.5. The first kappa shape index (κ1) is 35.4. The van der Waals surface area contributed by atoms with Gasteiger partial charge in [-0.1, -0.05) is 20.8 Å². The van der Waals surface area contributed by atoms with E-state index < -0.39 is 36.5 Å². The van der Waals surface area contributed by atoms with Crippen molar-refractivity contribution in [2.24, 2.45) is 0 Å². The molecule has 14 nitrogen and oxygen atoms in total. The molecule has 0 aliphatic carbocycles. The Balaban J connectivity index is 1.53. The molecule has 45 heavy (non-hydrogen) atoms. The molecule has 3 atom stereocenters. The summed E-state index contributed by atoms with van der Waals surface area (Å²) < 4.78 is 17.3. The van der Waals surface area contributed by atoms with Gasteiger partial charge in [0.1, 0.15) is 13.2 Å². The van der Waals surface area contributed by atoms with Crippen molar-refractivity contribution < 1.29 is 38.4 Å². The second kappa shape index (κ2) is 15.3. The molecule has 2 N–H and O–H groups in total. The number of hydrogen-bond acceptors (Lipinski definition) is 10. The van der Waals surface area contributed by atoms with Gasteiger partial charge in [-0.25, -0.2) is 9.59 Å². The molecule has 0 saturated carbocycles. The molecule has 3 rings (SSSR count). The predicted molar refractivity (Wildman–Crippen MR) is 167 cm³/mol. The molecule has 1 aliphatic heterocycles. The molecule has 246 valence electrons. The predicted octanol–water partition coefficient (Wildman–Crippen LogP) is 5.67. The summed E-state index contributed by atoms with van der Waals surface area (Å²) in [6, 6.07) is 11.1. The molecule has 1 fully saturated rings. The molecule has 1 unspecified atom stereocenters. The Kier molecular flexibility index (Phi) is 12.0. The zero-order chi connectivity index (χ0) is 33.4. The highest BCUT2D eigenvalue weighted by Crippen LogP contribution is 2.39. The fourth-order valence-electron chi connectivity index (χ4n) is 4.59. The van der Waals surface area contributed by atoms with Crippen molar-refractivity contribution in [2.75, 3.05) is 13.1 Å². The summed E-state index contributed by atoms with van der Waals surface area (Å²) in [5.74, 6) is 0. The third-order valence-electron chi connectivity index (χ3n) is 8.22. The lowest BCUT2D eigenvalue weighted by molar-refractivity contribution is -0.385. The number of nitro benzene ring substituents is 2. The third-order valence-corrected chi connectivity index (χ3v) is 12.8. The van der Waals surface area contributed by atoms with E-state index >= 15 is 0 Å². The summed E-state index contributed by atoms with van der Waals surface area (Å²) in [5, 5.41) is 34.8. The van der Waals surface area contributed by atoms with Crippen LogP contribution in [0.5, 0.6) is 0 Å². The number of nitrogens with one attached hydrogen (secondary N) is 1. The Morgan fingerprint density at radius 2 is 1.49 bits per heavy atom. The highest BCUT2D eigenvalue weighted by molar-refractivity contribution is 6.74. The van der Waals surface area contributed by atoms with Crippen molar-refractivity contribution in [3.05, 3.63) is 79.9 Å². The highest BCUT2D eigenvalue weighted by atomic mass is 28.4. The quantitative estimate of drug-likeness (QED) is 0.156. The van der Waals surface area contributed by atoms with Gasteiger partial charge in [0.05, 0.1) is 22.1 Å². The molecule has 2 amide bonds. The van der Waals surface area contributed by atoms with Crippen LogP contribution in [-0.2, 0) is 27.1 Å². The number of benzene rings is 2. The highest BCUT2D eigenvalue weighted by Gasteiger charge is 2.44. The summed E-state index contributed by atoms with van der Waals surface area (Å²) in [5.41, 5.74) is 1.07. The van der Waals surface area contributed by atoms with Crippen LogP contribution < -0.4 is 5.32 Å². The zero-order valence-electron chi connectivity index (χ0n) is 26.3. The molecular weight excluding hydrogens is 604 g/mol. The van der Waals surface area contributed by atoms with Gasteiger partial charge < -0.3 is 29.2 Å². The Bertz CT molecular complexity index is 1330. The standard InChI is InChI=1S/C30H42N4O10Si/c1-30(2,3)45(4,5)44-27-16-25(32(18-27)29(37)43-20-22-8-12-24(13-9-22)34(40)41)14-15-26(35)17-31-28(36)42-19-21-6-10-23(11-7-21)33(38)39/h6-13,25-27,35H,14-20H2,1-5H3,(H,31,36)/t25-,26?,27+/m0/s1. The van der Waals surface area contributed by atoms with Crippen LogP contribution >= 0.6 is 0 Å². The first-order valence-electron chi connectivity index (χ1n) is 14.7. The number of carbonyl (C=O) groups is 2. The van der Waals surface area contributed by atoms with E-state index in [9.17, 15) is 34.9 Å². The molecule has 0 bridgehead atoms. The van der Waals surface area contributed by atoms with Gasteiger partial charge in [0.15, 0.2) is 8.32 Å². The second-order valence-corrected chi connectivity index (χ2v) is 17.4. The van der Waals surface area contributed by atoms with Crippen molar-refractivity contribution in [3.63, 3.8) is 0 Å².